The molecule has 0 aromatic carbocycles. The van der Waals surface area contributed by atoms with Gasteiger partial charge in [0.05, 0.1) is 12.7 Å². The smallest absolute Gasteiger partial charge is 0.158 e. The van der Waals surface area contributed by atoms with E-state index in [0.29, 0.717) is 12.0 Å². The minimum absolute atomic E-state index is 0.0328. The van der Waals surface area contributed by atoms with Crippen molar-refractivity contribution in [3.63, 3.8) is 0 Å². The zero-order valence-electron chi connectivity index (χ0n) is 11.2. The monoisotopic (exact) mass is 226 g/mol. The van der Waals surface area contributed by atoms with Crippen molar-refractivity contribution >= 4 is 0 Å². The van der Waals surface area contributed by atoms with Crippen molar-refractivity contribution in [2.24, 2.45) is 5.92 Å². The summed E-state index contributed by atoms with van der Waals surface area (Å²) in [6.45, 7) is 9.57. The van der Waals surface area contributed by atoms with E-state index >= 15 is 0 Å². The molecule has 94 valence electrons. The fourth-order valence-electron chi connectivity index (χ4n) is 1.96. The molecule has 2 heteroatoms. The van der Waals surface area contributed by atoms with Gasteiger partial charge in [0.2, 0.25) is 0 Å². The Bertz CT molecular complexity index is 219. The molecule has 0 spiro atoms. The molecule has 1 aliphatic rings. The van der Waals surface area contributed by atoms with E-state index in [-0.39, 0.29) is 6.29 Å². The maximum absolute atomic E-state index is 5.75. The Labute approximate surface area is 100 Å². The molecule has 16 heavy (non-hydrogen) atoms. The molecule has 0 aromatic rings. The van der Waals surface area contributed by atoms with E-state index in [2.05, 4.69) is 33.8 Å². The molecule has 3 atom stereocenters. The average molecular weight is 226 g/mol. The Balaban J connectivity index is 2.17. The standard InChI is InChI=1S/C14H26O2/c1-11(2)6-5-7-12(3)10-14-15-9-8-13(4)16-14/h6,12-14H,5,7-10H2,1-4H3/t12-,13+,14+/m0/s1. The van der Waals surface area contributed by atoms with Crippen molar-refractivity contribution in [3.05, 3.63) is 11.6 Å². The Hall–Kier alpha value is -0.340. The van der Waals surface area contributed by atoms with E-state index in [1.807, 2.05) is 0 Å². The summed E-state index contributed by atoms with van der Waals surface area (Å²) >= 11 is 0. The number of rotatable bonds is 5. The molecule has 0 bridgehead atoms. The molecule has 2 nitrogen and oxygen atoms in total. The molecule has 0 amide bonds. The first-order chi connectivity index (χ1) is 7.58. The van der Waals surface area contributed by atoms with Crippen molar-refractivity contribution in [3.8, 4) is 0 Å². The maximum Gasteiger partial charge on any atom is 0.158 e. The van der Waals surface area contributed by atoms with Crippen LogP contribution in [0.2, 0.25) is 0 Å². The van der Waals surface area contributed by atoms with Crippen LogP contribution in [-0.4, -0.2) is 19.0 Å². The Kier molecular flexibility index (Phi) is 6.07. The fourth-order valence-corrected chi connectivity index (χ4v) is 1.96. The van der Waals surface area contributed by atoms with Crippen LogP contribution in [0.1, 0.15) is 53.4 Å². The van der Waals surface area contributed by atoms with E-state index in [4.69, 9.17) is 9.47 Å². The zero-order valence-corrected chi connectivity index (χ0v) is 11.2. The molecule has 1 aliphatic heterocycles. The van der Waals surface area contributed by atoms with Crippen LogP contribution in [0.3, 0.4) is 0 Å². The van der Waals surface area contributed by atoms with Crippen LogP contribution in [0.5, 0.6) is 0 Å². The lowest BCUT2D eigenvalue weighted by Gasteiger charge is -2.29. The molecular formula is C14H26O2. The van der Waals surface area contributed by atoms with Crippen LogP contribution in [0, 0.1) is 5.92 Å². The minimum atomic E-state index is 0.0328. The minimum Gasteiger partial charge on any atom is -0.353 e. The van der Waals surface area contributed by atoms with Gasteiger partial charge in [-0.15, -0.1) is 0 Å². The quantitative estimate of drug-likeness (QED) is 0.662. The van der Waals surface area contributed by atoms with Crippen molar-refractivity contribution in [1.29, 1.82) is 0 Å². The second kappa shape index (κ2) is 7.08. The van der Waals surface area contributed by atoms with Crippen molar-refractivity contribution < 1.29 is 9.47 Å². The van der Waals surface area contributed by atoms with Crippen LogP contribution < -0.4 is 0 Å². The van der Waals surface area contributed by atoms with Gasteiger partial charge in [-0.25, -0.2) is 0 Å². The third-order valence-corrected chi connectivity index (χ3v) is 3.02. The third kappa shape index (κ3) is 5.66. The molecule has 0 N–H and O–H groups in total. The van der Waals surface area contributed by atoms with E-state index < -0.39 is 0 Å². The normalized spacial score (nSPS) is 27.5. The van der Waals surface area contributed by atoms with Gasteiger partial charge in [-0.1, -0.05) is 18.6 Å². The van der Waals surface area contributed by atoms with Gasteiger partial charge in [0.25, 0.3) is 0 Å². The highest BCUT2D eigenvalue weighted by atomic mass is 16.7. The largest absolute Gasteiger partial charge is 0.353 e. The fraction of sp³-hybridized carbons (Fsp3) is 0.857. The lowest BCUT2D eigenvalue weighted by Crippen LogP contribution is -2.31. The first-order valence-electron chi connectivity index (χ1n) is 6.48. The molecule has 1 heterocycles. The Morgan fingerprint density at radius 3 is 2.81 bits per heavy atom. The summed E-state index contributed by atoms with van der Waals surface area (Å²) in [5, 5.41) is 0. The molecule has 0 aromatic heterocycles. The van der Waals surface area contributed by atoms with Gasteiger partial charge in [-0.2, -0.15) is 0 Å². The van der Waals surface area contributed by atoms with Crippen LogP contribution in [0.15, 0.2) is 11.6 Å². The molecule has 0 radical (unpaired) electrons. The van der Waals surface area contributed by atoms with Gasteiger partial charge in [0, 0.05) is 6.42 Å². The Morgan fingerprint density at radius 1 is 1.44 bits per heavy atom. The van der Waals surface area contributed by atoms with Gasteiger partial charge in [-0.05, 0) is 46.0 Å². The number of hydrogen-bond acceptors (Lipinski definition) is 2. The molecule has 0 aliphatic carbocycles. The highest BCUT2D eigenvalue weighted by Crippen LogP contribution is 2.21. The first kappa shape index (κ1) is 13.7. The zero-order chi connectivity index (χ0) is 12.0. The first-order valence-corrected chi connectivity index (χ1v) is 6.48. The predicted molar refractivity (Wildman–Crippen MR) is 67.4 cm³/mol. The molecule has 1 saturated heterocycles. The van der Waals surface area contributed by atoms with Gasteiger partial charge in [0.1, 0.15) is 0 Å². The average Bonchev–Trinajstić information content (AvgIpc) is 2.16. The van der Waals surface area contributed by atoms with Crippen molar-refractivity contribution in [2.45, 2.75) is 65.8 Å². The molecule has 1 fully saturated rings. The Morgan fingerprint density at radius 2 is 2.19 bits per heavy atom. The summed E-state index contributed by atoms with van der Waals surface area (Å²) in [4.78, 5) is 0. The molecule has 0 saturated carbocycles. The van der Waals surface area contributed by atoms with Crippen LogP contribution in [-0.2, 0) is 9.47 Å². The van der Waals surface area contributed by atoms with E-state index in [1.165, 1.54) is 18.4 Å². The summed E-state index contributed by atoms with van der Waals surface area (Å²) < 4.78 is 11.4. The van der Waals surface area contributed by atoms with Crippen LogP contribution >= 0.6 is 0 Å². The number of ether oxygens (including phenoxy) is 2. The second-order valence-corrected chi connectivity index (χ2v) is 5.24. The van der Waals surface area contributed by atoms with Crippen LogP contribution in [0.4, 0.5) is 0 Å². The van der Waals surface area contributed by atoms with E-state index in [9.17, 15) is 0 Å². The van der Waals surface area contributed by atoms with Crippen molar-refractivity contribution in [1.82, 2.24) is 0 Å². The van der Waals surface area contributed by atoms with Crippen LogP contribution in [0.25, 0.3) is 0 Å². The SMILES string of the molecule is CC(C)=CCC[C@H](C)C[C@@H]1OCC[C@@H](C)O1. The lowest BCUT2D eigenvalue weighted by molar-refractivity contribution is -0.214. The highest BCUT2D eigenvalue weighted by Gasteiger charge is 2.21. The van der Waals surface area contributed by atoms with Gasteiger partial charge in [-0.3, -0.25) is 0 Å². The molecule has 1 rings (SSSR count). The van der Waals surface area contributed by atoms with Gasteiger partial charge >= 0.3 is 0 Å². The predicted octanol–water partition coefficient (Wildman–Crippen LogP) is 3.91. The summed E-state index contributed by atoms with van der Waals surface area (Å²) in [6.07, 6.45) is 7.16. The number of hydrogen-bond donors (Lipinski definition) is 0. The van der Waals surface area contributed by atoms with Gasteiger partial charge in [0.15, 0.2) is 6.29 Å². The number of allylic oxidation sites excluding steroid dienone is 2. The lowest BCUT2D eigenvalue weighted by atomic mass is 10.0. The van der Waals surface area contributed by atoms with E-state index in [1.54, 1.807) is 0 Å². The third-order valence-electron chi connectivity index (χ3n) is 3.02. The summed E-state index contributed by atoms with van der Waals surface area (Å²) in [6, 6.07) is 0. The summed E-state index contributed by atoms with van der Waals surface area (Å²) in [5.41, 5.74) is 1.41. The maximum atomic E-state index is 5.75. The molecule has 0 unspecified atom stereocenters. The second-order valence-electron chi connectivity index (χ2n) is 5.24. The summed E-state index contributed by atoms with van der Waals surface area (Å²) in [7, 11) is 0. The van der Waals surface area contributed by atoms with Crippen molar-refractivity contribution in [2.75, 3.05) is 6.61 Å². The summed E-state index contributed by atoms with van der Waals surface area (Å²) in [5.74, 6) is 0.672. The topological polar surface area (TPSA) is 18.5 Å². The van der Waals surface area contributed by atoms with E-state index in [0.717, 1.165) is 19.4 Å². The highest BCUT2D eigenvalue weighted by molar-refractivity contribution is 4.92. The molecular weight excluding hydrogens is 200 g/mol. The van der Waals surface area contributed by atoms with Gasteiger partial charge < -0.3 is 9.47 Å².